The lowest BCUT2D eigenvalue weighted by atomic mass is 10.2. The van der Waals surface area contributed by atoms with E-state index < -0.39 is 0 Å². The van der Waals surface area contributed by atoms with Crippen LogP contribution in [0.1, 0.15) is 5.56 Å². The molecule has 2 aromatic carbocycles. The summed E-state index contributed by atoms with van der Waals surface area (Å²) in [6, 6.07) is 13.4. The molecule has 19 heavy (non-hydrogen) atoms. The number of halogens is 2. The van der Waals surface area contributed by atoms with Gasteiger partial charge in [-0.3, -0.25) is 0 Å². The second kappa shape index (κ2) is 5.00. The van der Waals surface area contributed by atoms with E-state index in [1.807, 2.05) is 47.0 Å². The predicted octanol–water partition coefficient (Wildman–Crippen LogP) is 5.05. The molecular formula is C14H10Cl2N2S. The fourth-order valence-corrected chi connectivity index (χ4v) is 2.86. The molecule has 0 saturated carbocycles. The summed E-state index contributed by atoms with van der Waals surface area (Å²) in [6.45, 7) is 0.599. The third-order valence-electron chi connectivity index (χ3n) is 3.03. The Morgan fingerprint density at radius 3 is 2.53 bits per heavy atom. The number of nitrogens with zero attached hydrogens (tertiary/aromatic N) is 1. The van der Waals surface area contributed by atoms with Crippen molar-refractivity contribution in [1.29, 1.82) is 0 Å². The van der Waals surface area contributed by atoms with E-state index in [2.05, 4.69) is 4.98 Å². The molecule has 0 aliphatic rings. The molecule has 1 heterocycles. The van der Waals surface area contributed by atoms with Gasteiger partial charge in [-0.2, -0.15) is 0 Å². The van der Waals surface area contributed by atoms with Gasteiger partial charge in [0.2, 0.25) is 0 Å². The van der Waals surface area contributed by atoms with Gasteiger partial charge in [-0.1, -0.05) is 47.5 Å². The minimum absolute atomic E-state index is 0.599. The summed E-state index contributed by atoms with van der Waals surface area (Å²) in [5.41, 5.74) is 2.86. The lowest BCUT2D eigenvalue weighted by Gasteiger charge is -2.07. The van der Waals surface area contributed by atoms with Crippen molar-refractivity contribution in [3.8, 4) is 0 Å². The van der Waals surface area contributed by atoms with Crippen molar-refractivity contribution >= 4 is 46.5 Å². The summed E-state index contributed by atoms with van der Waals surface area (Å²) < 4.78 is 2.61. The minimum atomic E-state index is 0.599. The lowest BCUT2D eigenvalue weighted by molar-refractivity contribution is 0.811. The Labute approximate surface area is 125 Å². The van der Waals surface area contributed by atoms with E-state index in [4.69, 9.17) is 35.4 Å². The highest BCUT2D eigenvalue weighted by Gasteiger charge is 2.09. The highest BCUT2D eigenvalue weighted by Crippen LogP contribution is 2.25. The Morgan fingerprint density at radius 1 is 1.00 bits per heavy atom. The molecule has 0 saturated heterocycles. The number of aromatic amines is 1. The van der Waals surface area contributed by atoms with Gasteiger partial charge in [0.25, 0.3) is 0 Å². The van der Waals surface area contributed by atoms with Gasteiger partial charge in [0.15, 0.2) is 4.77 Å². The zero-order valence-corrected chi connectivity index (χ0v) is 12.2. The minimum Gasteiger partial charge on any atom is -0.331 e. The monoisotopic (exact) mass is 308 g/mol. The quantitative estimate of drug-likeness (QED) is 0.657. The van der Waals surface area contributed by atoms with Crippen LogP contribution in [0.25, 0.3) is 11.0 Å². The van der Waals surface area contributed by atoms with Crippen molar-refractivity contribution < 1.29 is 0 Å². The van der Waals surface area contributed by atoms with Crippen LogP contribution in [0.4, 0.5) is 0 Å². The maximum atomic E-state index is 6.26. The van der Waals surface area contributed by atoms with Crippen molar-refractivity contribution in [2.45, 2.75) is 6.54 Å². The van der Waals surface area contributed by atoms with Crippen molar-refractivity contribution in [1.82, 2.24) is 9.55 Å². The third kappa shape index (κ3) is 2.29. The molecule has 1 N–H and O–H groups in total. The van der Waals surface area contributed by atoms with Crippen LogP contribution >= 0.6 is 35.4 Å². The average Bonchev–Trinajstić information content (AvgIpc) is 2.70. The highest BCUT2D eigenvalue weighted by molar-refractivity contribution is 7.71. The molecule has 0 fully saturated rings. The summed E-state index contributed by atoms with van der Waals surface area (Å²) in [5.74, 6) is 0. The molecule has 0 atom stereocenters. The Balaban J connectivity index is 2.19. The molecule has 0 amide bonds. The Morgan fingerprint density at radius 2 is 1.74 bits per heavy atom. The van der Waals surface area contributed by atoms with Crippen LogP contribution in [-0.4, -0.2) is 9.55 Å². The van der Waals surface area contributed by atoms with Gasteiger partial charge in [-0.05, 0) is 36.0 Å². The number of nitrogens with one attached hydrogen (secondary N) is 1. The molecule has 0 unspecified atom stereocenters. The number of benzene rings is 2. The predicted molar refractivity (Wildman–Crippen MR) is 82.7 cm³/mol. The number of aromatic nitrogens is 2. The number of hydrogen-bond donors (Lipinski definition) is 1. The fourth-order valence-electron chi connectivity index (χ4n) is 2.12. The third-order valence-corrected chi connectivity index (χ3v) is 4.03. The molecule has 0 aliphatic heterocycles. The maximum absolute atomic E-state index is 6.26. The highest BCUT2D eigenvalue weighted by atomic mass is 35.5. The molecule has 5 heteroatoms. The Kier molecular flexibility index (Phi) is 3.35. The second-order valence-corrected chi connectivity index (χ2v) is 5.44. The number of hydrogen-bond acceptors (Lipinski definition) is 1. The molecule has 3 rings (SSSR count). The molecule has 0 bridgehead atoms. The fraction of sp³-hybridized carbons (Fsp3) is 0.0714. The summed E-state index contributed by atoms with van der Waals surface area (Å²) in [5, 5.41) is 1.41. The van der Waals surface area contributed by atoms with Gasteiger partial charge in [-0.15, -0.1) is 0 Å². The van der Waals surface area contributed by atoms with Crippen LogP contribution in [-0.2, 0) is 6.54 Å². The van der Waals surface area contributed by atoms with Gasteiger partial charge in [0.05, 0.1) is 22.6 Å². The topological polar surface area (TPSA) is 20.7 Å². The van der Waals surface area contributed by atoms with Crippen molar-refractivity contribution in [3.05, 3.63) is 62.8 Å². The van der Waals surface area contributed by atoms with E-state index in [0.29, 0.717) is 16.3 Å². The van der Waals surface area contributed by atoms with Crippen LogP contribution in [0, 0.1) is 4.77 Å². The van der Waals surface area contributed by atoms with Crippen molar-refractivity contribution in [2.24, 2.45) is 0 Å². The molecular weight excluding hydrogens is 299 g/mol. The molecule has 0 radical (unpaired) electrons. The zero-order valence-electron chi connectivity index (χ0n) is 9.86. The number of imidazole rings is 1. The van der Waals surface area contributed by atoms with Crippen molar-refractivity contribution in [3.63, 3.8) is 0 Å². The van der Waals surface area contributed by atoms with E-state index in [1.54, 1.807) is 0 Å². The van der Waals surface area contributed by atoms with E-state index in [1.165, 1.54) is 0 Å². The Bertz CT molecular complexity index is 805. The van der Waals surface area contributed by atoms with Gasteiger partial charge in [0, 0.05) is 5.02 Å². The molecule has 0 spiro atoms. The first-order valence-corrected chi connectivity index (χ1v) is 6.93. The standard InChI is InChI=1S/C14H10Cl2N2S/c15-10-5-2-1-4-9(10)8-18-13-11(16)6-3-7-12(13)17-14(18)19/h1-7H,8H2,(H,17,19). The lowest BCUT2D eigenvalue weighted by Crippen LogP contribution is -2.00. The van der Waals surface area contributed by atoms with Crippen LogP contribution in [0.2, 0.25) is 10.0 Å². The smallest absolute Gasteiger partial charge is 0.178 e. The average molecular weight is 309 g/mol. The van der Waals surface area contributed by atoms with E-state index in [-0.39, 0.29) is 0 Å². The number of rotatable bonds is 2. The number of para-hydroxylation sites is 1. The molecule has 1 aromatic heterocycles. The summed E-state index contributed by atoms with van der Waals surface area (Å²) in [7, 11) is 0. The largest absolute Gasteiger partial charge is 0.331 e. The number of H-pyrrole nitrogens is 1. The van der Waals surface area contributed by atoms with Crippen LogP contribution < -0.4 is 0 Å². The normalized spacial score (nSPS) is 11.1. The van der Waals surface area contributed by atoms with E-state index >= 15 is 0 Å². The molecule has 3 aromatic rings. The summed E-state index contributed by atoms with van der Waals surface area (Å²) in [6.07, 6.45) is 0. The number of fused-ring (bicyclic) bond motifs is 1. The van der Waals surface area contributed by atoms with Gasteiger partial charge >= 0.3 is 0 Å². The van der Waals surface area contributed by atoms with Crippen molar-refractivity contribution in [2.75, 3.05) is 0 Å². The first-order chi connectivity index (χ1) is 9.16. The van der Waals surface area contributed by atoms with Gasteiger partial charge in [-0.25, -0.2) is 0 Å². The Hall–Kier alpha value is -1.29. The van der Waals surface area contributed by atoms with Gasteiger partial charge < -0.3 is 9.55 Å². The summed E-state index contributed by atoms with van der Waals surface area (Å²) >= 11 is 17.8. The molecule has 96 valence electrons. The van der Waals surface area contributed by atoms with Gasteiger partial charge in [0.1, 0.15) is 0 Å². The zero-order chi connectivity index (χ0) is 13.4. The summed E-state index contributed by atoms with van der Waals surface area (Å²) in [4.78, 5) is 3.16. The second-order valence-electron chi connectivity index (χ2n) is 4.24. The van der Waals surface area contributed by atoms with Crippen LogP contribution in [0.3, 0.4) is 0 Å². The van der Waals surface area contributed by atoms with Crippen LogP contribution in [0.5, 0.6) is 0 Å². The maximum Gasteiger partial charge on any atom is 0.178 e. The van der Waals surface area contributed by atoms with E-state index in [9.17, 15) is 0 Å². The SMILES string of the molecule is S=c1[nH]c2cccc(Cl)c2n1Cc1ccccc1Cl. The van der Waals surface area contributed by atoms with E-state index in [0.717, 1.165) is 21.6 Å². The first-order valence-electron chi connectivity index (χ1n) is 5.77. The molecule has 0 aliphatic carbocycles. The molecule has 2 nitrogen and oxygen atoms in total. The van der Waals surface area contributed by atoms with Crippen LogP contribution in [0.15, 0.2) is 42.5 Å². The first kappa shape index (κ1) is 12.7.